The van der Waals surface area contributed by atoms with Gasteiger partial charge in [0.05, 0.1) is 29.9 Å². The second kappa shape index (κ2) is 6.96. The Kier molecular flexibility index (Phi) is 4.90. The average Bonchev–Trinajstić information content (AvgIpc) is 3.16. The Hall–Kier alpha value is -2.21. The van der Waals surface area contributed by atoms with E-state index in [0.717, 1.165) is 48.3 Å². The Morgan fingerprint density at radius 3 is 2.52 bits per heavy atom. The van der Waals surface area contributed by atoms with E-state index in [1.54, 1.807) is 16.8 Å². The van der Waals surface area contributed by atoms with Gasteiger partial charge in [-0.2, -0.15) is 5.10 Å². The lowest BCUT2D eigenvalue weighted by molar-refractivity contribution is -0.122. The summed E-state index contributed by atoms with van der Waals surface area (Å²) in [6.45, 7) is 3.75. The summed E-state index contributed by atoms with van der Waals surface area (Å²) >= 11 is 0. The van der Waals surface area contributed by atoms with Gasteiger partial charge >= 0.3 is 0 Å². The van der Waals surface area contributed by atoms with Gasteiger partial charge < -0.3 is 10.4 Å². The minimum absolute atomic E-state index is 0.0223. The molecule has 0 aliphatic heterocycles. The van der Waals surface area contributed by atoms with Gasteiger partial charge in [0, 0.05) is 11.3 Å². The minimum Gasteiger partial charge on any atom is -0.394 e. The van der Waals surface area contributed by atoms with Crippen LogP contribution in [0.3, 0.4) is 0 Å². The third kappa shape index (κ3) is 3.58. The number of rotatable bonds is 5. The Morgan fingerprint density at radius 1 is 1.28 bits per heavy atom. The quantitative estimate of drug-likeness (QED) is 0.875. The Morgan fingerprint density at radius 2 is 1.92 bits per heavy atom. The van der Waals surface area contributed by atoms with Crippen LogP contribution in [-0.2, 0) is 11.2 Å². The molecule has 1 aromatic heterocycles. The van der Waals surface area contributed by atoms with Crippen LogP contribution < -0.4 is 5.32 Å². The van der Waals surface area contributed by atoms with Crippen LogP contribution in [0.15, 0.2) is 24.3 Å². The third-order valence-electron chi connectivity index (χ3n) is 5.12. The fourth-order valence-electron chi connectivity index (χ4n) is 3.64. The highest BCUT2D eigenvalue weighted by molar-refractivity contribution is 5.80. The van der Waals surface area contributed by atoms with Gasteiger partial charge in [0.25, 0.3) is 0 Å². The van der Waals surface area contributed by atoms with Crippen LogP contribution in [0.4, 0.5) is 4.39 Å². The maximum Gasteiger partial charge on any atom is 0.225 e. The molecule has 1 aromatic carbocycles. The summed E-state index contributed by atoms with van der Waals surface area (Å²) in [4.78, 5) is 12.5. The van der Waals surface area contributed by atoms with E-state index in [0.29, 0.717) is 0 Å². The molecule has 1 aliphatic carbocycles. The smallest absolute Gasteiger partial charge is 0.225 e. The van der Waals surface area contributed by atoms with Crippen LogP contribution in [0.25, 0.3) is 5.69 Å². The molecular formula is C19H24FN3O2. The standard InChI is InChI=1S/C19H24FN3O2/c1-13-17(11-18(25)21-19(12-24)9-3-4-10-19)14(2)23(22-13)16-7-5-15(20)6-8-16/h5-8,24H,3-4,9-12H2,1-2H3,(H,21,25). The highest BCUT2D eigenvalue weighted by Gasteiger charge is 2.34. The summed E-state index contributed by atoms with van der Waals surface area (Å²) in [6, 6.07) is 6.11. The highest BCUT2D eigenvalue weighted by Crippen LogP contribution is 2.29. The van der Waals surface area contributed by atoms with E-state index in [1.165, 1.54) is 12.1 Å². The van der Waals surface area contributed by atoms with Crippen molar-refractivity contribution in [1.82, 2.24) is 15.1 Å². The first-order valence-electron chi connectivity index (χ1n) is 8.67. The van der Waals surface area contributed by atoms with Crippen LogP contribution >= 0.6 is 0 Å². The summed E-state index contributed by atoms with van der Waals surface area (Å²) in [6.07, 6.45) is 3.92. The molecule has 0 radical (unpaired) electrons. The SMILES string of the molecule is Cc1nn(-c2ccc(F)cc2)c(C)c1CC(=O)NC1(CO)CCCC1. The number of hydrogen-bond donors (Lipinski definition) is 2. The van der Waals surface area contributed by atoms with Crippen LogP contribution in [0.2, 0.25) is 0 Å². The first-order chi connectivity index (χ1) is 11.9. The Balaban J connectivity index is 1.79. The van der Waals surface area contributed by atoms with Gasteiger partial charge in [-0.1, -0.05) is 12.8 Å². The minimum atomic E-state index is -0.466. The molecule has 0 bridgehead atoms. The van der Waals surface area contributed by atoms with Gasteiger partial charge in [-0.15, -0.1) is 0 Å². The third-order valence-corrected chi connectivity index (χ3v) is 5.12. The van der Waals surface area contributed by atoms with E-state index in [1.807, 2.05) is 13.8 Å². The summed E-state index contributed by atoms with van der Waals surface area (Å²) in [5.41, 5.74) is 2.81. The highest BCUT2D eigenvalue weighted by atomic mass is 19.1. The topological polar surface area (TPSA) is 67.2 Å². The zero-order valence-electron chi connectivity index (χ0n) is 14.7. The molecule has 134 valence electrons. The Labute approximate surface area is 146 Å². The second-order valence-electron chi connectivity index (χ2n) is 6.91. The van der Waals surface area contributed by atoms with Crippen LogP contribution in [-0.4, -0.2) is 32.9 Å². The largest absolute Gasteiger partial charge is 0.394 e. The lowest BCUT2D eigenvalue weighted by Gasteiger charge is -2.28. The van der Waals surface area contributed by atoms with Crippen molar-refractivity contribution in [1.29, 1.82) is 0 Å². The van der Waals surface area contributed by atoms with Crippen molar-refractivity contribution < 1.29 is 14.3 Å². The predicted octanol–water partition coefficient (Wildman–Crippen LogP) is 2.59. The lowest BCUT2D eigenvalue weighted by Crippen LogP contribution is -2.49. The van der Waals surface area contributed by atoms with Gasteiger partial charge in [-0.25, -0.2) is 9.07 Å². The number of aliphatic hydroxyl groups is 1. The van der Waals surface area contributed by atoms with Crippen LogP contribution in [0.5, 0.6) is 0 Å². The monoisotopic (exact) mass is 345 g/mol. The second-order valence-corrected chi connectivity index (χ2v) is 6.91. The molecule has 25 heavy (non-hydrogen) atoms. The number of hydrogen-bond acceptors (Lipinski definition) is 3. The molecule has 1 fully saturated rings. The number of benzene rings is 1. The van der Waals surface area contributed by atoms with Gasteiger partial charge in [-0.3, -0.25) is 4.79 Å². The van der Waals surface area contributed by atoms with Gasteiger partial charge in [-0.05, 0) is 51.0 Å². The number of aliphatic hydroxyl groups excluding tert-OH is 1. The molecule has 0 atom stereocenters. The molecule has 6 heteroatoms. The molecule has 2 aromatic rings. The molecule has 1 heterocycles. The van der Waals surface area contributed by atoms with Gasteiger partial charge in [0.2, 0.25) is 5.91 Å². The fourth-order valence-corrected chi connectivity index (χ4v) is 3.64. The van der Waals surface area contributed by atoms with Crippen LogP contribution in [0, 0.1) is 19.7 Å². The van der Waals surface area contributed by atoms with Crippen molar-refractivity contribution in [3.63, 3.8) is 0 Å². The normalized spacial score (nSPS) is 16.2. The molecular weight excluding hydrogens is 321 g/mol. The summed E-state index contributed by atoms with van der Waals surface area (Å²) < 4.78 is 14.9. The molecule has 0 saturated heterocycles. The predicted molar refractivity (Wildman–Crippen MR) is 93.1 cm³/mol. The molecule has 3 rings (SSSR count). The summed E-state index contributed by atoms with van der Waals surface area (Å²) in [5.74, 6) is -0.392. The van der Waals surface area contributed by atoms with E-state index in [-0.39, 0.29) is 24.8 Å². The zero-order chi connectivity index (χ0) is 18.0. The number of amides is 1. The molecule has 0 spiro atoms. The van der Waals surface area contributed by atoms with Crippen molar-refractivity contribution in [2.24, 2.45) is 0 Å². The number of carbonyl (C=O) groups is 1. The number of aryl methyl sites for hydroxylation is 1. The van der Waals surface area contributed by atoms with Crippen molar-refractivity contribution in [3.8, 4) is 5.69 Å². The maximum absolute atomic E-state index is 13.1. The van der Waals surface area contributed by atoms with E-state index in [4.69, 9.17) is 0 Å². The lowest BCUT2D eigenvalue weighted by atomic mass is 9.98. The Bertz CT molecular complexity index is 762. The molecule has 5 nitrogen and oxygen atoms in total. The van der Waals surface area contributed by atoms with Gasteiger partial charge in [0.1, 0.15) is 5.82 Å². The van der Waals surface area contributed by atoms with E-state index in [2.05, 4.69) is 10.4 Å². The first-order valence-corrected chi connectivity index (χ1v) is 8.67. The first kappa shape index (κ1) is 17.6. The number of nitrogens with zero attached hydrogens (tertiary/aromatic N) is 2. The van der Waals surface area contributed by atoms with Crippen molar-refractivity contribution >= 4 is 5.91 Å². The molecule has 1 amide bonds. The molecule has 0 unspecified atom stereocenters. The molecule has 2 N–H and O–H groups in total. The van der Waals surface area contributed by atoms with Crippen LogP contribution in [0.1, 0.15) is 42.6 Å². The van der Waals surface area contributed by atoms with Crippen molar-refractivity contribution in [3.05, 3.63) is 47.0 Å². The van der Waals surface area contributed by atoms with Gasteiger partial charge in [0.15, 0.2) is 0 Å². The summed E-state index contributed by atoms with van der Waals surface area (Å²) in [7, 11) is 0. The number of halogens is 1. The fraction of sp³-hybridized carbons (Fsp3) is 0.474. The zero-order valence-corrected chi connectivity index (χ0v) is 14.7. The summed E-state index contributed by atoms with van der Waals surface area (Å²) in [5, 5.41) is 17.2. The number of carbonyl (C=O) groups excluding carboxylic acids is 1. The van der Waals surface area contributed by atoms with E-state index >= 15 is 0 Å². The average molecular weight is 345 g/mol. The number of nitrogens with one attached hydrogen (secondary N) is 1. The van der Waals surface area contributed by atoms with E-state index < -0.39 is 5.54 Å². The molecule has 1 aliphatic rings. The van der Waals surface area contributed by atoms with Crippen molar-refractivity contribution in [2.75, 3.05) is 6.61 Å². The maximum atomic E-state index is 13.1. The molecule has 1 saturated carbocycles. The van der Waals surface area contributed by atoms with Crippen molar-refractivity contribution in [2.45, 2.75) is 51.5 Å². The number of aromatic nitrogens is 2. The van der Waals surface area contributed by atoms with E-state index in [9.17, 15) is 14.3 Å².